The van der Waals surface area contributed by atoms with Crippen LogP contribution in [-0.4, -0.2) is 15.7 Å². The van der Waals surface area contributed by atoms with Gasteiger partial charge in [-0.25, -0.2) is 4.39 Å². The van der Waals surface area contributed by atoms with Gasteiger partial charge in [-0.1, -0.05) is 19.1 Å². The molecule has 6 nitrogen and oxygen atoms in total. The standard InChI is InChI=1S/C16H14FN3O3/c1-9-8-12(16-14(21)7-6-10(17)15(9)16)19-18-11-4-2-3-5-13(11)20(22)23/h2-7,9,18,21H,8H2,1H3/b19-12+/t9-/m0/s1. The first-order valence-electron chi connectivity index (χ1n) is 7.06. The zero-order valence-corrected chi connectivity index (χ0v) is 12.3. The van der Waals surface area contributed by atoms with Crippen LogP contribution in [0.25, 0.3) is 0 Å². The molecule has 0 spiro atoms. The fourth-order valence-corrected chi connectivity index (χ4v) is 2.82. The molecule has 0 bridgehead atoms. The Hall–Kier alpha value is -2.96. The van der Waals surface area contributed by atoms with E-state index in [0.717, 1.165) is 0 Å². The quantitative estimate of drug-likeness (QED) is 0.667. The second kappa shape index (κ2) is 5.68. The molecule has 0 radical (unpaired) electrons. The van der Waals surface area contributed by atoms with E-state index in [1.165, 1.54) is 24.3 Å². The van der Waals surface area contributed by atoms with Gasteiger partial charge in [0, 0.05) is 17.2 Å². The molecule has 2 aromatic rings. The smallest absolute Gasteiger partial charge is 0.294 e. The number of fused-ring (bicyclic) bond motifs is 1. The number of phenolic OH excluding ortho intramolecular Hbond substituents is 1. The number of nitrogens with one attached hydrogen (secondary N) is 1. The number of para-hydroxylation sites is 2. The van der Waals surface area contributed by atoms with Gasteiger partial charge >= 0.3 is 0 Å². The Labute approximate surface area is 131 Å². The number of hydrogen-bond acceptors (Lipinski definition) is 5. The molecule has 23 heavy (non-hydrogen) atoms. The number of nitro groups is 1. The number of aromatic hydroxyl groups is 1. The summed E-state index contributed by atoms with van der Waals surface area (Å²) in [5, 5.41) is 25.2. The summed E-state index contributed by atoms with van der Waals surface area (Å²) < 4.78 is 14.0. The summed E-state index contributed by atoms with van der Waals surface area (Å²) in [6.07, 6.45) is 0.442. The highest BCUT2D eigenvalue weighted by Gasteiger charge is 2.30. The average molecular weight is 315 g/mol. The molecular formula is C16H14FN3O3. The van der Waals surface area contributed by atoms with Crippen LogP contribution in [0.1, 0.15) is 30.4 Å². The molecule has 1 atom stereocenters. The zero-order valence-electron chi connectivity index (χ0n) is 12.3. The van der Waals surface area contributed by atoms with Crippen LogP contribution >= 0.6 is 0 Å². The Bertz CT molecular complexity index is 820. The molecule has 0 aliphatic heterocycles. The third-order valence-electron chi connectivity index (χ3n) is 3.86. The Morgan fingerprint density at radius 3 is 2.83 bits per heavy atom. The third-order valence-corrected chi connectivity index (χ3v) is 3.86. The van der Waals surface area contributed by atoms with Gasteiger partial charge in [-0.2, -0.15) is 5.10 Å². The van der Waals surface area contributed by atoms with Crippen LogP contribution < -0.4 is 5.43 Å². The predicted octanol–water partition coefficient (Wildman–Crippen LogP) is 3.76. The maximum absolute atomic E-state index is 14.0. The van der Waals surface area contributed by atoms with Crippen LogP contribution in [0.15, 0.2) is 41.5 Å². The van der Waals surface area contributed by atoms with Gasteiger partial charge in [0.15, 0.2) is 0 Å². The monoisotopic (exact) mass is 315 g/mol. The topological polar surface area (TPSA) is 87.8 Å². The number of anilines is 1. The Balaban J connectivity index is 1.99. The van der Waals surface area contributed by atoms with Crippen molar-refractivity contribution < 1.29 is 14.4 Å². The van der Waals surface area contributed by atoms with Crippen molar-refractivity contribution in [1.82, 2.24) is 0 Å². The SMILES string of the molecule is C[C@H]1C/C(=N\Nc2ccccc2[N+](=O)[O-])c2c(O)ccc(F)c21. The maximum atomic E-state index is 14.0. The van der Waals surface area contributed by atoms with E-state index in [-0.39, 0.29) is 28.9 Å². The minimum absolute atomic E-state index is 0.0474. The van der Waals surface area contributed by atoms with Gasteiger partial charge in [0.1, 0.15) is 17.3 Å². The maximum Gasteiger partial charge on any atom is 0.294 e. The summed E-state index contributed by atoms with van der Waals surface area (Å²) in [7, 11) is 0. The highest BCUT2D eigenvalue weighted by atomic mass is 19.1. The van der Waals surface area contributed by atoms with Crippen LogP contribution in [0.3, 0.4) is 0 Å². The van der Waals surface area contributed by atoms with Crippen LogP contribution in [0.5, 0.6) is 5.75 Å². The molecule has 1 aliphatic rings. The number of phenols is 1. The number of benzene rings is 2. The summed E-state index contributed by atoms with van der Waals surface area (Å²) in [5.41, 5.74) is 4.05. The summed E-state index contributed by atoms with van der Waals surface area (Å²) in [6, 6.07) is 8.62. The van der Waals surface area contributed by atoms with Crippen molar-refractivity contribution >= 4 is 17.1 Å². The van der Waals surface area contributed by atoms with Gasteiger partial charge in [0.25, 0.3) is 5.69 Å². The molecule has 2 aromatic carbocycles. The van der Waals surface area contributed by atoms with Gasteiger partial charge in [-0.05, 0) is 30.5 Å². The first kappa shape index (κ1) is 15.0. The molecule has 3 rings (SSSR count). The number of halogens is 1. The normalized spacial score (nSPS) is 18.0. The molecule has 2 N–H and O–H groups in total. The van der Waals surface area contributed by atoms with Crippen molar-refractivity contribution in [3.8, 4) is 5.75 Å². The van der Waals surface area contributed by atoms with Crippen molar-refractivity contribution in [1.29, 1.82) is 0 Å². The number of hydrazone groups is 1. The zero-order chi connectivity index (χ0) is 16.6. The van der Waals surface area contributed by atoms with Crippen molar-refractivity contribution in [2.45, 2.75) is 19.3 Å². The second-order valence-corrected chi connectivity index (χ2v) is 5.40. The van der Waals surface area contributed by atoms with E-state index in [1.54, 1.807) is 12.1 Å². The van der Waals surface area contributed by atoms with Crippen molar-refractivity contribution in [2.24, 2.45) is 5.10 Å². The van der Waals surface area contributed by atoms with E-state index in [9.17, 15) is 19.6 Å². The molecule has 0 amide bonds. The molecule has 0 saturated carbocycles. The lowest BCUT2D eigenvalue weighted by Crippen LogP contribution is -2.02. The van der Waals surface area contributed by atoms with Gasteiger partial charge in [-0.3, -0.25) is 15.5 Å². The minimum Gasteiger partial charge on any atom is -0.507 e. The van der Waals surface area contributed by atoms with Crippen molar-refractivity contribution in [2.75, 3.05) is 5.43 Å². The van der Waals surface area contributed by atoms with Crippen molar-refractivity contribution in [3.63, 3.8) is 0 Å². The van der Waals surface area contributed by atoms with E-state index in [0.29, 0.717) is 23.3 Å². The third kappa shape index (κ3) is 2.61. The lowest BCUT2D eigenvalue weighted by atomic mass is 10.0. The number of hydrogen-bond donors (Lipinski definition) is 2. The lowest BCUT2D eigenvalue weighted by Gasteiger charge is -2.07. The van der Waals surface area contributed by atoms with E-state index in [1.807, 2.05) is 6.92 Å². The summed E-state index contributed by atoms with van der Waals surface area (Å²) in [6.45, 7) is 1.84. The van der Waals surface area contributed by atoms with E-state index >= 15 is 0 Å². The summed E-state index contributed by atoms with van der Waals surface area (Å²) in [4.78, 5) is 10.5. The fraction of sp³-hybridized carbons (Fsp3) is 0.188. The fourth-order valence-electron chi connectivity index (χ4n) is 2.82. The Kier molecular flexibility index (Phi) is 3.69. The van der Waals surface area contributed by atoms with Crippen LogP contribution in [-0.2, 0) is 0 Å². The Morgan fingerprint density at radius 1 is 1.35 bits per heavy atom. The average Bonchev–Trinajstić information content (AvgIpc) is 2.87. The van der Waals surface area contributed by atoms with E-state index < -0.39 is 4.92 Å². The number of nitro benzene ring substituents is 1. The molecular weight excluding hydrogens is 301 g/mol. The molecule has 0 heterocycles. The second-order valence-electron chi connectivity index (χ2n) is 5.40. The van der Waals surface area contributed by atoms with Crippen LogP contribution in [0, 0.1) is 15.9 Å². The van der Waals surface area contributed by atoms with Crippen molar-refractivity contribution in [3.05, 3.63) is 63.5 Å². The molecule has 1 aliphatic carbocycles. The first-order valence-corrected chi connectivity index (χ1v) is 7.06. The van der Waals surface area contributed by atoms with Gasteiger partial charge in [0.2, 0.25) is 0 Å². The number of nitrogens with zero attached hydrogens (tertiary/aromatic N) is 2. The molecule has 7 heteroatoms. The summed E-state index contributed by atoms with van der Waals surface area (Å²) in [5.74, 6) is -0.557. The van der Waals surface area contributed by atoms with E-state index in [2.05, 4.69) is 10.5 Å². The molecule has 0 saturated heterocycles. The van der Waals surface area contributed by atoms with Gasteiger partial charge < -0.3 is 5.11 Å². The molecule has 0 unspecified atom stereocenters. The number of rotatable bonds is 3. The highest BCUT2D eigenvalue weighted by Crippen LogP contribution is 2.39. The first-order chi connectivity index (χ1) is 11.0. The van der Waals surface area contributed by atoms with Gasteiger partial charge in [-0.15, -0.1) is 0 Å². The van der Waals surface area contributed by atoms with Crippen LogP contribution in [0.2, 0.25) is 0 Å². The minimum atomic E-state index is -0.509. The van der Waals surface area contributed by atoms with E-state index in [4.69, 9.17) is 0 Å². The predicted molar refractivity (Wildman–Crippen MR) is 84.4 cm³/mol. The Morgan fingerprint density at radius 2 is 2.09 bits per heavy atom. The van der Waals surface area contributed by atoms with Gasteiger partial charge in [0.05, 0.1) is 10.6 Å². The molecule has 0 aromatic heterocycles. The molecule has 0 fully saturated rings. The summed E-state index contributed by atoms with van der Waals surface area (Å²) >= 11 is 0. The lowest BCUT2D eigenvalue weighted by molar-refractivity contribution is -0.384. The largest absolute Gasteiger partial charge is 0.507 e. The van der Waals surface area contributed by atoms with Crippen LogP contribution in [0.4, 0.5) is 15.8 Å². The highest BCUT2D eigenvalue weighted by molar-refractivity contribution is 6.07. The molecule has 118 valence electrons.